The fourth-order valence-electron chi connectivity index (χ4n) is 2.83. The normalized spacial score (nSPS) is 27.6. The summed E-state index contributed by atoms with van der Waals surface area (Å²) < 4.78 is 0. The molecule has 0 amide bonds. The second-order valence-electron chi connectivity index (χ2n) is 4.63. The van der Waals surface area contributed by atoms with Crippen molar-refractivity contribution in [2.75, 3.05) is 13.1 Å². The van der Waals surface area contributed by atoms with E-state index in [4.69, 9.17) is 0 Å². The highest BCUT2D eigenvalue weighted by atomic mass is 14.9. The summed E-state index contributed by atoms with van der Waals surface area (Å²) in [6.45, 7) is 6.08. The van der Waals surface area contributed by atoms with Gasteiger partial charge in [-0.3, -0.25) is 4.98 Å². The average Bonchev–Trinajstić information content (AvgIpc) is 2.90. The summed E-state index contributed by atoms with van der Waals surface area (Å²) in [5.74, 6) is 1.50. The fraction of sp³-hybridized carbons (Fsp3) is 0.357. The van der Waals surface area contributed by atoms with Gasteiger partial charge in [0.15, 0.2) is 0 Å². The number of nitrogens with zero attached hydrogens (tertiary/aromatic N) is 1. The molecule has 1 N–H and O–H groups in total. The lowest BCUT2D eigenvalue weighted by molar-refractivity contribution is 0.542. The van der Waals surface area contributed by atoms with Gasteiger partial charge in [0.05, 0.1) is 0 Å². The molecule has 1 aliphatic carbocycles. The molecule has 82 valence electrons. The first-order chi connectivity index (χ1) is 7.88. The molecule has 2 aliphatic rings. The van der Waals surface area contributed by atoms with E-state index in [2.05, 4.69) is 29.0 Å². The zero-order chi connectivity index (χ0) is 11.0. The molecule has 0 bridgehead atoms. The van der Waals surface area contributed by atoms with E-state index >= 15 is 0 Å². The molecule has 0 saturated carbocycles. The molecule has 1 aliphatic heterocycles. The lowest BCUT2D eigenvalue weighted by Gasteiger charge is -2.13. The van der Waals surface area contributed by atoms with Gasteiger partial charge in [-0.2, -0.15) is 0 Å². The Morgan fingerprint density at radius 3 is 3.19 bits per heavy atom. The van der Waals surface area contributed by atoms with Crippen molar-refractivity contribution < 1.29 is 0 Å². The van der Waals surface area contributed by atoms with Crippen LogP contribution in [0.3, 0.4) is 0 Å². The second-order valence-corrected chi connectivity index (χ2v) is 4.63. The first kappa shape index (κ1) is 9.79. The maximum absolute atomic E-state index is 4.28. The van der Waals surface area contributed by atoms with Crippen molar-refractivity contribution in [3.63, 3.8) is 0 Å². The smallest absolute Gasteiger partial charge is 0.0343 e. The molecule has 2 nitrogen and oxygen atoms in total. The molecule has 16 heavy (non-hydrogen) atoms. The second kappa shape index (κ2) is 3.87. The van der Waals surface area contributed by atoms with Crippen LogP contribution in [0, 0.1) is 11.8 Å². The molecular weight excluding hydrogens is 196 g/mol. The molecule has 0 unspecified atom stereocenters. The van der Waals surface area contributed by atoms with Crippen LogP contribution in [0.1, 0.15) is 17.5 Å². The van der Waals surface area contributed by atoms with Crippen molar-refractivity contribution in [2.45, 2.75) is 6.42 Å². The molecule has 0 aromatic carbocycles. The van der Waals surface area contributed by atoms with E-state index in [-0.39, 0.29) is 0 Å². The predicted octanol–water partition coefficient (Wildman–Crippen LogP) is 2.35. The van der Waals surface area contributed by atoms with Crippen LogP contribution in [-0.4, -0.2) is 18.1 Å². The van der Waals surface area contributed by atoms with Gasteiger partial charge in [-0.1, -0.05) is 18.7 Å². The summed E-state index contributed by atoms with van der Waals surface area (Å²) >= 11 is 0. The minimum absolute atomic E-state index is 0.696. The van der Waals surface area contributed by atoms with Crippen LogP contribution >= 0.6 is 0 Å². The number of nitrogens with one attached hydrogen (secondary N) is 1. The highest BCUT2D eigenvalue weighted by Gasteiger charge is 2.34. The van der Waals surface area contributed by atoms with Gasteiger partial charge < -0.3 is 5.32 Å². The third-order valence-corrected chi connectivity index (χ3v) is 3.71. The first-order valence-electron chi connectivity index (χ1n) is 5.87. The van der Waals surface area contributed by atoms with E-state index in [1.165, 1.54) is 24.1 Å². The van der Waals surface area contributed by atoms with Crippen molar-refractivity contribution >= 4 is 11.6 Å². The van der Waals surface area contributed by atoms with Crippen molar-refractivity contribution in [1.82, 2.24) is 10.3 Å². The summed E-state index contributed by atoms with van der Waals surface area (Å²) in [7, 11) is 0. The fourth-order valence-corrected chi connectivity index (χ4v) is 2.83. The Kier molecular flexibility index (Phi) is 2.37. The van der Waals surface area contributed by atoms with Crippen LogP contribution in [0.15, 0.2) is 31.1 Å². The monoisotopic (exact) mass is 212 g/mol. The molecule has 1 fully saturated rings. The van der Waals surface area contributed by atoms with Crippen LogP contribution in [0.4, 0.5) is 0 Å². The summed E-state index contributed by atoms with van der Waals surface area (Å²) in [6, 6.07) is 2.19. The Labute approximate surface area is 96.1 Å². The number of hydrogen-bond donors (Lipinski definition) is 1. The molecule has 3 rings (SSSR count). The number of fused-ring (bicyclic) bond motifs is 1. The number of pyridine rings is 1. The number of rotatable bonds is 2. The summed E-state index contributed by atoms with van der Waals surface area (Å²) in [5, 5.41) is 3.47. The third-order valence-electron chi connectivity index (χ3n) is 3.71. The van der Waals surface area contributed by atoms with E-state index in [0.29, 0.717) is 5.92 Å². The zero-order valence-electron chi connectivity index (χ0n) is 9.32. The average molecular weight is 212 g/mol. The molecule has 1 aromatic heterocycles. The number of aromatic nitrogens is 1. The number of hydrogen-bond acceptors (Lipinski definition) is 2. The third kappa shape index (κ3) is 1.50. The van der Waals surface area contributed by atoms with E-state index in [0.717, 1.165) is 18.0 Å². The Bertz CT molecular complexity index is 448. The van der Waals surface area contributed by atoms with Crippen molar-refractivity contribution in [3.05, 3.63) is 42.2 Å². The molecule has 2 heterocycles. The van der Waals surface area contributed by atoms with Gasteiger partial charge in [-0.25, -0.2) is 0 Å². The van der Waals surface area contributed by atoms with Gasteiger partial charge in [0.2, 0.25) is 0 Å². The van der Waals surface area contributed by atoms with Crippen LogP contribution < -0.4 is 5.32 Å². The zero-order valence-corrected chi connectivity index (χ0v) is 9.32. The quantitative estimate of drug-likeness (QED) is 0.814. The molecule has 0 radical (unpaired) electrons. The highest BCUT2D eigenvalue weighted by Crippen LogP contribution is 2.39. The van der Waals surface area contributed by atoms with Gasteiger partial charge in [-0.15, -0.1) is 0 Å². The summed E-state index contributed by atoms with van der Waals surface area (Å²) in [4.78, 5) is 4.28. The van der Waals surface area contributed by atoms with Gasteiger partial charge in [0.1, 0.15) is 0 Å². The van der Waals surface area contributed by atoms with Gasteiger partial charge in [-0.05, 0) is 41.6 Å². The van der Waals surface area contributed by atoms with Crippen LogP contribution in [0.5, 0.6) is 0 Å². The molecule has 1 aromatic rings. The minimum Gasteiger partial charge on any atom is -0.316 e. The molecular formula is C14H16N2. The minimum atomic E-state index is 0.696. The lowest BCUT2D eigenvalue weighted by atomic mass is 9.91. The summed E-state index contributed by atoms with van der Waals surface area (Å²) in [5.41, 5.74) is 3.85. The Morgan fingerprint density at radius 1 is 1.38 bits per heavy atom. The van der Waals surface area contributed by atoms with Gasteiger partial charge in [0.25, 0.3) is 0 Å². The van der Waals surface area contributed by atoms with E-state index in [1.54, 1.807) is 0 Å². The van der Waals surface area contributed by atoms with Crippen LogP contribution in [0.25, 0.3) is 11.6 Å². The highest BCUT2D eigenvalue weighted by molar-refractivity contribution is 5.71. The topological polar surface area (TPSA) is 24.9 Å². The van der Waals surface area contributed by atoms with Gasteiger partial charge in [0, 0.05) is 24.9 Å². The maximum atomic E-state index is 4.28. The van der Waals surface area contributed by atoms with Crippen molar-refractivity contribution in [2.24, 2.45) is 11.8 Å². The summed E-state index contributed by atoms with van der Waals surface area (Å²) in [6.07, 6.45) is 9.29. The van der Waals surface area contributed by atoms with Crippen LogP contribution in [-0.2, 0) is 0 Å². The molecule has 2 atom stereocenters. The Morgan fingerprint density at radius 2 is 2.31 bits per heavy atom. The predicted molar refractivity (Wildman–Crippen MR) is 66.8 cm³/mol. The van der Waals surface area contributed by atoms with Gasteiger partial charge >= 0.3 is 0 Å². The standard InChI is InChI=1S/C14H16N2/c1-2-10-5-12(8-15-6-10)13-4-3-11-7-16-9-14(11)13/h2,4-6,8,11,14,16H,1,3,7,9H2/t11-,14+/m0/s1. The largest absolute Gasteiger partial charge is 0.316 e. The van der Waals surface area contributed by atoms with Crippen molar-refractivity contribution in [3.8, 4) is 0 Å². The SMILES string of the molecule is C=Cc1cncc(C2=CC[C@H]3CNC[C@@H]23)c1. The maximum Gasteiger partial charge on any atom is 0.0343 e. The van der Waals surface area contributed by atoms with E-state index in [1.807, 2.05) is 18.5 Å². The van der Waals surface area contributed by atoms with Crippen molar-refractivity contribution in [1.29, 1.82) is 0 Å². The lowest BCUT2D eigenvalue weighted by Crippen LogP contribution is -2.10. The Balaban J connectivity index is 1.94. The first-order valence-corrected chi connectivity index (χ1v) is 5.87. The van der Waals surface area contributed by atoms with E-state index in [9.17, 15) is 0 Å². The Hall–Kier alpha value is -1.41. The molecule has 1 saturated heterocycles. The molecule has 0 spiro atoms. The van der Waals surface area contributed by atoms with Crippen LogP contribution in [0.2, 0.25) is 0 Å². The van der Waals surface area contributed by atoms with E-state index < -0.39 is 0 Å². The number of allylic oxidation sites excluding steroid dienone is 1. The molecule has 2 heteroatoms.